The second-order valence-electron chi connectivity index (χ2n) is 8.32. The first-order valence-corrected chi connectivity index (χ1v) is 10.3. The average molecular weight is 415 g/mol. The molecule has 6 nitrogen and oxygen atoms in total. The molecule has 0 amide bonds. The third-order valence-electron chi connectivity index (χ3n) is 5.47. The summed E-state index contributed by atoms with van der Waals surface area (Å²) >= 11 is 0. The summed E-state index contributed by atoms with van der Waals surface area (Å²) in [5, 5.41) is 19.0. The molecule has 1 aliphatic heterocycles. The molecule has 1 N–H and O–H groups in total. The molecule has 0 saturated carbocycles. The molecule has 4 aromatic rings. The van der Waals surface area contributed by atoms with Gasteiger partial charge in [0.15, 0.2) is 0 Å². The number of fused-ring (bicyclic) bond motifs is 4. The molecule has 7 heteroatoms. The minimum Gasteiger partial charge on any atom is -0.378 e. The van der Waals surface area contributed by atoms with Gasteiger partial charge in [0, 0.05) is 23.2 Å². The van der Waals surface area contributed by atoms with Gasteiger partial charge in [0.25, 0.3) is 5.78 Å². The fraction of sp³-hybridized carbons (Fsp3) is 0.292. The highest BCUT2D eigenvalue weighted by Gasteiger charge is 2.25. The Morgan fingerprint density at radius 2 is 1.94 bits per heavy atom. The maximum absolute atomic E-state index is 14.9. The molecule has 31 heavy (non-hydrogen) atoms. The van der Waals surface area contributed by atoms with Crippen molar-refractivity contribution in [2.75, 3.05) is 11.4 Å². The van der Waals surface area contributed by atoms with Gasteiger partial charge >= 0.3 is 0 Å². The standard InChI is InChI=1S/C24H22FN5O/c1-15-27-28-23-26-22(18-8-5-10-19(25)21(18)30(15)23)29-14-6-9-17-16(7-4-11-20(17)29)12-13-24(2,3)31/h4-5,7-8,10-11,31H,6,9,14H2,1-3H3. The van der Waals surface area contributed by atoms with E-state index in [2.05, 4.69) is 26.9 Å². The van der Waals surface area contributed by atoms with Crippen LogP contribution in [-0.4, -0.2) is 36.8 Å². The summed E-state index contributed by atoms with van der Waals surface area (Å²) in [6, 6.07) is 11.0. The quantitative estimate of drug-likeness (QED) is 0.477. The molecular formula is C24H22FN5O. The molecule has 0 saturated heterocycles. The van der Waals surface area contributed by atoms with E-state index in [-0.39, 0.29) is 5.82 Å². The topological polar surface area (TPSA) is 66.5 Å². The summed E-state index contributed by atoms with van der Waals surface area (Å²) in [5.74, 6) is 7.32. The van der Waals surface area contributed by atoms with Crippen molar-refractivity contribution in [2.24, 2.45) is 0 Å². The molecule has 2 aromatic carbocycles. The van der Waals surface area contributed by atoms with Crippen LogP contribution in [0, 0.1) is 24.6 Å². The van der Waals surface area contributed by atoms with E-state index >= 15 is 0 Å². The summed E-state index contributed by atoms with van der Waals surface area (Å²) in [4.78, 5) is 6.89. The highest BCUT2D eigenvalue weighted by Crippen LogP contribution is 2.38. The van der Waals surface area contributed by atoms with Crippen molar-refractivity contribution in [3.05, 3.63) is 59.2 Å². The van der Waals surface area contributed by atoms with Crippen LogP contribution in [-0.2, 0) is 6.42 Å². The number of anilines is 2. The summed E-state index contributed by atoms with van der Waals surface area (Å²) in [6.07, 6.45) is 1.78. The predicted octanol–water partition coefficient (Wildman–Crippen LogP) is 3.93. The van der Waals surface area contributed by atoms with Crippen LogP contribution >= 0.6 is 0 Å². The van der Waals surface area contributed by atoms with Crippen LogP contribution in [0.25, 0.3) is 16.7 Å². The summed E-state index contributed by atoms with van der Waals surface area (Å²) in [5.41, 5.74) is 2.35. The maximum Gasteiger partial charge on any atom is 0.257 e. The Hall–Kier alpha value is -3.50. The van der Waals surface area contributed by atoms with Crippen molar-refractivity contribution >= 4 is 28.2 Å². The van der Waals surface area contributed by atoms with Crippen LogP contribution in [0.1, 0.15) is 37.2 Å². The zero-order valence-electron chi connectivity index (χ0n) is 17.6. The number of aliphatic hydroxyl groups is 1. The van der Waals surface area contributed by atoms with Gasteiger partial charge in [-0.25, -0.2) is 4.39 Å². The molecule has 0 atom stereocenters. The van der Waals surface area contributed by atoms with Crippen LogP contribution in [0.2, 0.25) is 0 Å². The Bertz CT molecular complexity index is 1390. The molecule has 5 rings (SSSR count). The van der Waals surface area contributed by atoms with Gasteiger partial charge in [-0.3, -0.25) is 4.40 Å². The van der Waals surface area contributed by atoms with E-state index in [1.165, 1.54) is 6.07 Å². The molecule has 0 aliphatic carbocycles. The molecule has 0 radical (unpaired) electrons. The van der Waals surface area contributed by atoms with Gasteiger partial charge in [0.1, 0.15) is 23.1 Å². The second-order valence-corrected chi connectivity index (χ2v) is 8.32. The van der Waals surface area contributed by atoms with Crippen molar-refractivity contribution < 1.29 is 9.50 Å². The first-order valence-electron chi connectivity index (χ1n) is 10.3. The molecule has 1 aliphatic rings. The predicted molar refractivity (Wildman–Crippen MR) is 118 cm³/mol. The van der Waals surface area contributed by atoms with Gasteiger partial charge < -0.3 is 10.0 Å². The normalized spacial score (nSPS) is 13.9. The van der Waals surface area contributed by atoms with Crippen molar-refractivity contribution in [2.45, 2.75) is 39.2 Å². The number of hydrogen-bond donors (Lipinski definition) is 1. The highest BCUT2D eigenvalue weighted by atomic mass is 19.1. The van der Waals surface area contributed by atoms with E-state index in [4.69, 9.17) is 4.98 Å². The zero-order valence-corrected chi connectivity index (χ0v) is 17.6. The van der Waals surface area contributed by atoms with Crippen molar-refractivity contribution in [3.63, 3.8) is 0 Å². The fourth-order valence-corrected chi connectivity index (χ4v) is 4.15. The monoisotopic (exact) mass is 415 g/mol. The minimum atomic E-state index is -1.07. The Labute approximate surface area is 179 Å². The average Bonchev–Trinajstić information content (AvgIpc) is 3.11. The van der Waals surface area contributed by atoms with Crippen LogP contribution in [0.5, 0.6) is 0 Å². The van der Waals surface area contributed by atoms with Gasteiger partial charge in [0.2, 0.25) is 0 Å². The summed E-state index contributed by atoms with van der Waals surface area (Å²) in [7, 11) is 0. The largest absolute Gasteiger partial charge is 0.378 e. The van der Waals surface area contributed by atoms with Crippen molar-refractivity contribution in [3.8, 4) is 11.8 Å². The van der Waals surface area contributed by atoms with Crippen molar-refractivity contribution in [1.82, 2.24) is 19.6 Å². The number of halogens is 1. The van der Waals surface area contributed by atoms with E-state index < -0.39 is 5.60 Å². The number of benzene rings is 2. The highest BCUT2D eigenvalue weighted by molar-refractivity contribution is 5.94. The molecule has 0 spiro atoms. The number of rotatable bonds is 1. The van der Waals surface area contributed by atoms with Gasteiger partial charge in [-0.1, -0.05) is 24.0 Å². The Kier molecular flexibility index (Phi) is 4.42. The number of para-hydroxylation sites is 1. The van der Waals surface area contributed by atoms with E-state index in [9.17, 15) is 9.50 Å². The molecule has 0 bridgehead atoms. The lowest BCUT2D eigenvalue weighted by Crippen LogP contribution is -2.26. The fourth-order valence-electron chi connectivity index (χ4n) is 4.15. The van der Waals surface area contributed by atoms with Gasteiger partial charge in [-0.2, -0.15) is 4.98 Å². The van der Waals surface area contributed by atoms with E-state index in [0.29, 0.717) is 28.3 Å². The smallest absolute Gasteiger partial charge is 0.257 e. The Morgan fingerprint density at radius 1 is 1.13 bits per heavy atom. The number of aryl methyl sites for hydroxylation is 1. The number of aromatic nitrogens is 4. The summed E-state index contributed by atoms with van der Waals surface area (Å²) in [6.45, 7) is 5.87. The lowest BCUT2D eigenvalue weighted by atomic mass is 9.95. The van der Waals surface area contributed by atoms with E-state index in [1.54, 1.807) is 31.2 Å². The van der Waals surface area contributed by atoms with Gasteiger partial charge in [0.05, 0.1) is 5.52 Å². The van der Waals surface area contributed by atoms with Crippen LogP contribution in [0.3, 0.4) is 0 Å². The van der Waals surface area contributed by atoms with Gasteiger partial charge in [-0.15, -0.1) is 10.2 Å². The molecule has 156 valence electrons. The molecule has 2 aromatic heterocycles. The third kappa shape index (κ3) is 3.29. The SMILES string of the molecule is Cc1nnc2nc(N3CCCc4c(C#CC(C)(C)O)cccc43)c3cccc(F)c3n12. The maximum atomic E-state index is 14.9. The van der Waals surface area contributed by atoms with Crippen molar-refractivity contribution in [1.29, 1.82) is 0 Å². The number of nitrogens with zero attached hydrogens (tertiary/aromatic N) is 5. The molecule has 3 heterocycles. The Morgan fingerprint density at radius 3 is 2.74 bits per heavy atom. The Balaban J connectivity index is 1.75. The first kappa shape index (κ1) is 19.5. The molecular weight excluding hydrogens is 393 g/mol. The van der Waals surface area contributed by atoms with E-state index in [0.717, 1.165) is 36.2 Å². The lowest BCUT2D eigenvalue weighted by molar-refractivity contribution is 0.143. The van der Waals surface area contributed by atoms with Gasteiger partial charge in [-0.05, 0) is 63.4 Å². The minimum absolute atomic E-state index is 0.337. The molecule has 0 unspecified atom stereocenters. The molecule has 0 fully saturated rings. The van der Waals surface area contributed by atoms with Crippen LogP contribution < -0.4 is 4.90 Å². The van der Waals surface area contributed by atoms with Crippen LogP contribution in [0.4, 0.5) is 15.9 Å². The lowest BCUT2D eigenvalue weighted by Gasteiger charge is -2.32. The number of hydrogen-bond acceptors (Lipinski definition) is 5. The third-order valence-corrected chi connectivity index (χ3v) is 5.47. The zero-order chi connectivity index (χ0) is 21.8. The second kappa shape index (κ2) is 7.03. The van der Waals surface area contributed by atoms with E-state index in [1.807, 2.05) is 24.3 Å². The summed E-state index contributed by atoms with van der Waals surface area (Å²) < 4.78 is 16.6. The first-order chi connectivity index (χ1) is 14.8. The van der Waals surface area contributed by atoms with Crippen LogP contribution in [0.15, 0.2) is 36.4 Å².